The predicted molar refractivity (Wildman–Crippen MR) is 109 cm³/mol. The van der Waals surface area contributed by atoms with Crippen LogP contribution in [0.1, 0.15) is 85.5 Å². The van der Waals surface area contributed by atoms with Gasteiger partial charge in [0.1, 0.15) is 0 Å². The molecule has 1 fully saturated rings. The third kappa shape index (κ3) is 5.84. The van der Waals surface area contributed by atoms with Crippen LogP contribution >= 0.6 is 0 Å². The summed E-state index contributed by atoms with van der Waals surface area (Å²) in [5, 5.41) is 0. The van der Waals surface area contributed by atoms with Crippen LogP contribution in [0, 0.1) is 0 Å². The van der Waals surface area contributed by atoms with Gasteiger partial charge in [-0.05, 0) is 27.2 Å². The molecule has 0 aromatic heterocycles. The van der Waals surface area contributed by atoms with E-state index in [1.807, 2.05) is 25.1 Å². The van der Waals surface area contributed by atoms with E-state index in [-0.39, 0.29) is 6.04 Å². The summed E-state index contributed by atoms with van der Waals surface area (Å²) in [6.07, 6.45) is 11.5. The molecule has 0 bridgehead atoms. The zero-order chi connectivity index (χ0) is 18.6. The topological polar surface area (TPSA) is 37.1 Å². The van der Waals surface area contributed by atoms with Crippen LogP contribution in [0.3, 0.4) is 0 Å². The molecule has 0 aliphatic carbocycles. The van der Waals surface area contributed by atoms with Crippen LogP contribution in [0.2, 0.25) is 19.6 Å². The van der Waals surface area contributed by atoms with Gasteiger partial charge >= 0.3 is 0 Å². The number of hydrogen-bond donors (Lipinski definition) is 0. The molecule has 5 heteroatoms. The standard InChI is InChI=1S/C19H41NO2SSi/c1-8-9-10-11-12-13-14-15-16-17-18(24(5,6)7)20(17)23(21,22)19(2,3)4/h17-18H,8-16H2,1-7H3/t17-,18-,20?/m1/s1. The Hall–Kier alpha value is 0.127. The SMILES string of the molecule is CCCCCCCCCC[C@@H]1[C@@H]([Si](C)(C)C)N1S(=O)(=O)C(C)(C)C. The maximum absolute atomic E-state index is 12.9. The van der Waals surface area contributed by atoms with Crippen molar-refractivity contribution in [2.45, 2.75) is 122 Å². The molecule has 1 rings (SSSR count). The van der Waals surface area contributed by atoms with Gasteiger partial charge in [0.05, 0.1) is 12.8 Å². The first-order valence-electron chi connectivity index (χ1n) is 9.97. The van der Waals surface area contributed by atoms with Gasteiger partial charge in [0.15, 0.2) is 0 Å². The smallest absolute Gasteiger partial charge is 0.212 e. The molecule has 3 nitrogen and oxygen atoms in total. The van der Waals surface area contributed by atoms with Crippen LogP contribution in [-0.2, 0) is 10.0 Å². The Kier molecular flexibility index (Phi) is 8.01. The average molecular weight is 376 g/mol. The number of nitrogens with zero attached hydrogens (tertiary/aromatic N) is 1. The van der Waals surface area contributed by atoms with E-state index in [0.717, 1.165) is 6.42 Å². The summed E-state index contributed by atoms with van der Waals surface area (Å²) in [5.41, 5.74) is 0.311. The first-order valence-corrected chi connectivity index (χ1v) is 15.0. The fourth-order valence-electron chi connectivity index (χ4n) is 3.63. The average Bonchev–Trinajstić information content (AvgIpc) is 3.15. The lowest BCUT2D eigenvalue weighted by Crippen LogP contribution is -2.39. The van der Waals surface area contributed by atoms with E-state index in [4.69, 9.17) is 0 Å². The molecule has 1 saturated heterocycles. The molecule has 1 heterocycles. The second kappa shape index (κ2) is 8.68. The summed E-state index contributed by atoms with van der Waals surface area (Å²) in [6, 6.07) is 0.279. The highest BCUT2D eigenvalue weighted by molar-refractivity contribution is 7.90. The molecule has 1 unspecified atom stereocenters. The van der Waals surface area contributed by atoms with Gasteiger partial charge in [0.25, 0.3) is 0 Å². The molecule has 24 heavy (non-hydrogen) atoms. The van der Waals surface area contributed by atoms with Crippen molar-refractivity contribution in [3.05, 3.63) is 0 Å². The van der Waals surface area contributed by atoms with Gasteiger partial charge in [0, 0.05) is 11.7 Å². The van der Waals surface area contributed by atoms with Crippen molar-refractivity contribution in [2.24, 2.45) is 0 Å². The Bertz CT molecular complexity index is 477. The molecule has 0 radical (unpaired) electrons. The van der Waals surface area contributed by atoms with Crippen LogP contribution in [0.5, 0.6) is 0 Å². The minimum atomic E-state index is -3.17. The number of sulfonamides is 1. The quantitative estimate of drug-likeness (QED) is 0.269. The third-order valence-corrected chi connectivity index (χ3v) is 10.4. The van der Waals surface area contributed by atoms with Crippen LogP contribution in [0.25, 0.3) is 0 Å². The molecule has 1 aliphatic heterocycles. The minimum Gasteiger partial charge on any atom is -0.212 e. The van der Waals surface area contributed by atoms with Crippen LogP contribution in [-0.4, -0.2) is 37.3 Å². The number of rotatable bonds is 11. The van der Waals surface area contributed by atoms with E-state index < -0.39 is 22.8 Å². The number of unbranched alkanes of at least 4 members (excludes halogenated alkanes) is 7. The molecular formula is C19H41NO2SSi. The van der Waals surface area contributed by atoms with E-state index in [1.54, 1.807) is 0 Å². The van der Waals surface area contributed by atoms with E-state index in [2.05, 4.69) is 26.6 Å². The summed E-state index contributed by atoms with van der Waals surface area (Å²) in [5.74, 6) is 0. The summed E-state index contributed by atoms with van der Waals surface area (Å²) < 4.78 is 26.9. The van der Waals surface area contributed by atoms with Gasteiger partial charge < -0.3 is 0 Å². The monoisotopic (exact) mass is 375 g/mol. The fraction of sp³-hybridized carbons (Fsp3) is 1.00. The van der Waals surface area contributed by atoms with Crippen molar-refractivity contribution >= 4 is 18.1 Å². The van der Waals surface area contributed by atoms with Crippen LogP contribution in [0.4, 0.5) is 0 Å². The Morgan fingerprint density at radius 2 is 1.33 bits per heavy atom. The molecule has 0 aromatic rings. The van der Waals surface area contributed by atoms with E-state index in [1.165, 1.54) is 51.4 Å². The van der Waals surface area contributed by atoms with E-state index in [0.29, 0.717) is 5.67 Å². The maximum atomic E-state index is 12.9. The zero-order valence-corrected chi connectivity index (χ0v) is 19.0. The second-order valence-corrected chi connectivity index (χ2v) is 17.5. The molecule has 3 atom stereocenters. The van der Waals surface area contributed by atoms with Crippen molar-refractivity contribution in [2.75, 3.05) is 0 Å². The highest BCUT2D eigenvalue weighted by atomic mass is 32.2. The van der Waals surface area contributed by atoms with Gasteiger partial charge in [0.2, 0.25) is 10.0 Å². The summed E-state index contributed by atoms with van der Waals surface area (Å²) in [7, 11) is -4.66. The highest BCUT2D eigenvalue weighted by Crippen LogP contribution is 2.44. The molecule has 0 N–H and O–H groups in total. The first-order chi connectivity index (χ1) is 10.9. The van der Waals surface area contributed by atoms with Gasteiger partial charge in [-0.25, -0.2) is 8.42 Å². The molecule has 0 saturated carbocycles. The van der Waals surface area contributed by atoms with Crippen molar-refractivity contribution < 1.29 is 8.42 Å². The van der Waals surface area contributed by atoms with E-state index >= 15 is 0 Å². The Morgan fingerprint density at radius 1 is 0.875 bits per heavy atom. The molecule has 0 amide bonds. The lowest BCUT2D eigenvalue weighted by atomic mass is 10.1. The maximum Gasteiger partial charge on any atom is 0.219 e. The lowest BCUT2D eigenvalue weighted by Gasteiger charge is -2.23. The summed E-state index contributed by atoms with van der Waals surface area (Å²) >= 11 is 0. The fourth-order valence-corrected chi connectivity index (χ4v) is 9.05. The van der Waals surface area contributed by atoms with Crippen molar-refractivity contribution in [1.29, 1.82) is 0 Å². The molecule has 144 valence electrons. The van der Waals surface area contributed by atoms with Gasteiger partial charge in [-0.1, -0.05) is 77.9 Å². The molecule has 0 spiro atoms. The zero-order valence-electron chi connectivity index (χ0n) is 17.2. The summed E-state index contributed by atoms with van der Waals surface area (Å²) in [4.78, 5) is 0. The predicted octanol–water partition coefficient (Wildman–Crippen LogP) is 5.58. The molecule has 1 aliphatic rings. The second-order valence-electron chi connectivity index (χ2n) is 9.59. The molecular weight excluding hydrogens is 334 g/mol. The first kappa shape index (κ1) is 22.2. The lowest BCUT2D eigenvalue weighted by molar-refractivity contribution is 0.502. The van der Waals surface area contributed by atoms with Crippen molar-refractivity contribution in [3.8, 4) is 0 Å². The Labute approximate surface area is 152 Å². The molecule has 0 aromatic carbocycles. The van der Waals surface area contributed by atoms with Crippen LogP contribution in [0.15, 0.2) is 0 Å². The van der Waals surface area contributed by atoms with Crippen LogP contribution < -0.4 is 0 Å². The van der Waals surface area contributed by atoms with Crippen molar-refractivity contribution in [3.63, 3.8) is 0 Å². The minimum absolute atomic E-state index is 0.279. The third-order valence-electron chi connectivity index (χ3n) is 5.17. The van der Waals surface area contributed by atoms with E-state index in [9.17, 15) is 8.42 Å². The van der Waals surface area contributed by atoms with Gasteiger partial charge in [-0.15, -0.1) is 0 Å². The number of hydrogen-bond acceptors (Lipinski definition) is 2. The normalized spacial score (nSPS) is 25.0. The largest absolute Gasteiger partial charge is 0.219 e. The van der Waals surface area contributed by atoms with Crippen molar-refractivity contribution in [1.82, 2.24) is 4.31 Å². The Morgan fingerprint density at radius 3 is 1.75 bits per heavy atom. The van der Waals surface area contributed by atoms with Gasteiger partial charge in [-0.2, -0.15) is 4.31 Å². The highest BCUT2D eigenvalue weighted by Gasteiger charge is 2.61. The summed E-state index contributed by atoms with van der Waals surface area (Å²) in [6.45, 7) is 14.6. The van der Waals surface area contributed by atoms with Gasteiger partial charge in [-0.3, -0.25) is 0 Å². The Balaban J connectivity index is 2.46.